The summed E-state index contributed by atoms with van der Waals surface area (Å²) in [7, 11) is 0. The lowest BCUT2D eigenvalue weighted by molar-refractivity contribution is -0.130. The van der Waals surface area contributed by atoms with Gasteiger partial charge in [-0.3, -0.25) is 4.79 Å². The molecule has 0 fully saturated rings. The molecule has 0 spiro atoms. The van der Waals surface area contributed by atoms with Crippen LogP contribution >= 0.6 is 0 Å². The maximum absolute atomic E-state index is 11.3. The molecule has 0 aromatic rings. The predicted octanol–water partition coefficient (Wildman–Crippen LogP) is 2.21. The van der Waals surface area contributed by atoms with Crippen molar-refractivity contribution in [2.75, 3.05) is 13.1 Å². The molecule has 0 saturated carbocycles. The van der Waals surface area contributed by atoms with Crippen molar-refractivity contribution >= 4 is 5.91 Å². The first kappa shape index (κ1) is 10.3. The second kappa shape index (κ2) is 4.45. The lowest BCUT2D eigenvalue weighted by Crippen LogP contribution is -2.34. The zero-order chi connectivity index (χ0) is 9.84. The summed E-state index contributed by atoms with van der Waals surface area (Å²) < 4.78 is 0. The van der Waals surface area contributed by atoms with E-state index in [9.17, 15) is 4.79 Å². The molecular weight excluding hydrogens is 162 g/mol. The Balaban J connectivity index is 2.51. The zero-order valence-electron chi connectivity index (χ0n) is 8.84. The minimum Gasteiger partial charge on any atom is -0.339 e. The first-order chi connectivity index (χ1) is 6.15. The molecule has 13 heavy (non-hydrogen) atoms. The van der Waals surface area contributed by atoms with Crippen molar-refractivity contribution in [1.29, 1.82) is 0 Å². The summed E-state index contributed by atoms with van der Waals surface area (Å²) in [6, 6.07) is 0. The fourth-order valence-corrected chi connectivity index (χ4v) is 1.66. The van der Waals surface area contributed by atoms with E-state index in [0.29, 0.717) is 12.3 Å². The molecule has 1 aliphatic rings. The van der Waals surface area contributed by atoms with Gasteiger partial charge < -0.3 is 4.90 Å². The summed E-state index contributed by atoms with van der Waals surface area (Å²) in [4.78, 5) is 13.3. The fourth-order valence-electron chi connectivity index (χ4n) is 1.66. The molecule has 74 valence electrons. The van der Waals surface area contributed by atoms with Crippen molar-refractivity contribution in [3.8, 4) is 0 Å². The molecule has 0 saturated heterocycles. The molecule has 1 amide bonds. The van der Waals surface area contributed by atoms with Gasteiger partial charge in [-0.15, -0.1) is 0 Å². The molecule has 1 heterocycles. The van der Waals surface area contributed by atoms with Gasteiger partial charge >= 0.3 is 0 Å². The van der Waals surface area contributed by atoms with Crippen LogP contribution in [0.3, 0.4) is 0 Å². The Morgan fingerprint density at radius 3 is 2.69 bits per heavy atom. The maximum atomic E-state index is 11.3. The van der Waals surface area contributed by atoms with Crippen LogP contribution in [0, 0.1) is 5.92 Å². The Morgan fingerprint density at radius 1 is 1.62 bits per heavy atom. The van der Waals surface area contributed by atoms with E-state index in [4.69, 9.17) is 0 Å². The molecule has 1 aliphatic heterocycles. The molecule has 0 aliphatic carbocycles. The van der Waals surface area contributed by atoms with E-state index in [1.54, 1.807) is 0 Å². The molecule has 0 aromatic heterocycles. The first-order valence-corrected chi connectivity index (χ1v) is 5.11. The normalized spacial score (nSPS) is 17.5. The van der Waals surface area contributed by atoms with Gasteiger partial charge in [0, 0.05) is 19.5 Å². The van der Waals surface area contributed by atoms with Crippen LogP contribution in [0.5, 0.6) is 0 Å². The third-order valence-corrected chi connectivity index (χ3v) is 2.64. The topological polar surface area (TPSA) is 20.3 Å². The Bertz CT molecular complexity index is 218. The van der Waals surface area contributed by atoms with Gasteiger partial charge in [0.05, 0.1) is 0 Å². The summed E-state index contributed by atoms with van der Waals surface area (Å²) in [6.07, 6.45) is 3.90. The lowest BCUT2D eigenvalue weighted by Gasteiger charge is -2.27. The zero-order valence-corrected chi connectivity index (χ0v) is 8.84. The molecule has 2 nitrogen and oxygen atoms in total. The molecule has 0 unspecified atom stereocenters. The molecule has 0 atom stereocenters. The van der Waals surface area contributed by atoms with Gasteiger partial charge in [-0.1, -0.05) is 32.4 Å². The third-order valence-electron chi connectivity index (χ3n) is 2.64. The van der Waals surface area contributed by atoms with Crippen LogP contribution in [0.25, 0.3) is 0 Å². The van der Waals surface area contributed by atoms with Gasteiger partial charge in [0.25, 0.3) is 0 Å². The second-order valence-electron chi connectivity index (χ2n) is 3.88. The first-order valence-electron chi connectivity index (χ1n) is 5.11. The van der Waals surface area contributed by atoms with Crippen molar-refractivity contribution in [3.63, 3.8) is 0 Å². The van der Waals surface area contributed by atoms with Crippen LogP contribution in [0.4, 0.5) is 0 Å². The highest BCUT2D eigenvalue weighted by molar-refractivity contribution is 5.76. The van der Waals surface area contributed by atoms with E-state index in [1.165, 1.54) is 5.57 Å². The van der Waals surface area contributed by atoms with Crippen LogP contribution in [0.1, 0.15) is 33.6 Å². The highest BCUT2D eigenvalue weighted by atomic mass is 16.2. The SMILES string of the molecule is CCC(=O)N1CC=C(C(C)C)CC1. The van der Waals surface area contributed by atoms with Gasteiger partial charge in [-0.25, -0.2) is 0 Å². The van der Waals surface area contributed by atoms with E-state index in [2.05, 4.69) is 19.9 Å². The Labute approximate surface area is 80.6 Å². The van der Waals surface area contributed by atoms with Crippen LogP contribution in [-0.2, 0) is 4.79 Å². The number of nitrogens with zero attached hydrogens (tertiary/aromatic N) is 1. The van der Waals surface area contributed by atoms with E-state index >= 15 is 0 Å². The number of carbonyl (C=O) groups is 1. The number of hydrogen-bond donors (Lipinski definition) is 0. The molecule has 0 aromatic carbocycles. The average Bonchev–Trinajstić information content (AvgIpc) is 2.17. The smallest absolute Gasteiger partial charge is 0.222 e. The van der Waals surface area contributed by atoms with E-state index in [-0.39, 0.29) is 5.91 Å². The number of rotatable bonds is 2. The Hall–Kier alpha value is -0.790. The maximum Gasteiger partial charge on any atom is 0.222 e. The molecular formula is C11H19NO. The van der Waals surface area contributed by atoms with Crippen LogP contribution in [0.2, 0.25) is 0 Å². The van der Waals surface area contributed by atoms with Crippen LogP contribution < -0.4 is 0 Å². The van der Waals surface area contributed by atoms with Gasteiger partial charge in [0.2, 0.25) is 5.91 Å². The Kier molecular flexibility index (Phi) is 3.52. The second-order valence-corrected chi connectivity index (χ2v) is 3.88. The minimum atomic E-state index is 0.277. The van der Waals surface area contributed by atoms with Crippen molar-refractivity contribution in [2.45, 2.75) is 33.6 Å². The molecule has 1 rings (SSSR count). The van der Waals surface area contributed by atoms with Crippen molar-refractivity contribution in [1.82, 2.24) is 4.90 Å². The van der Waals surface area contributed by atoms with Gasteiger partial charge in [-0.05, 0) is 12.3 Å². The monoisotopic (exact) mass is 181 g/mol. The largest absolute Gasteiger partial charge is 0.339 e. The van der Waals surface area contributed by atoms with Crippen molar-refractivity contribution in [3.05, 3.63) is 11.6 Å². The van der Waals surface area contributed by atoms with E-state index in [1.807, 2.05) is 11.8 Å². The highest BCUT2D eigenvalue weighted by Crippen LogP contribution is 2.18. The number of hydrogen-bond acceptors (Lipinski definition) is 1. The van der Waals surface area contributed by atoms with E-state index in [0.717, 1.165) is 19.5 Å². The lowest BCUT2D eigenvalue weighted by atomic mass is 9.97. The van der Waals surface area contributed by atoms with Gasteiger partial charge in [-0.2, -0.15) is 0 Å². The summed E-state index contributed by atoms with van der Waals surface area (Å²) in [6.45, 7) is 8.08. The van der Waals surface area contributed by atoms with Crippen molar-refractivity contribution in [2.24, 2.45) is 5.92 Å². The summed E-state index contributed by atoms with van der Waals surface area (Å²) in [5.41, 5.74) is 1.50. The number of amides is 1. The molecule has 2 heteroatoms. The van der Waals surface area contributed by atoms with Gasteiger partial charge in [0.15, 0.2) is 0 Å². The fraction of sp³-hybridized carbons (Fsp3) is 0.727. The predicted molar refractivity (Wildman–Crippen MR) is 54.4 cm³/mol. The summed E-state index contributed by atoms with van der Waals surface area (Å²) in [5, 5.41) is 0. The quantitative estimate of drug-likeness (QED) is 0.598. The highest BCUT2D eigenvalue weighted by Gasteiger charge is 2.16. The summed E-state index contributed by atoms with van der Waals surface area (Å²) >= 11 is 0. The van der Waals surface area contributed by atoms with E-state index < -0.39 is 0 Å². The average molecular weight is 181 g/mol. The van der Waals surface area contributed by atoms with Gasteiger partial charge in [0.1, 0.15) is 0 Å². The number of carbonyl (C=O) groups excluding carboxylic acids is 1. The molecule has 0 N–H and O–H groups in total. The van der Waals surface area contributed by atoms with Crippen LogP contribution in [0.15, 0.2) is 11.6 Å². The van der Waals surface area contributed by atoms with Crippen LogP contribution in [-0.4, -0.2) is 23.9 Å². The minimum absolute atomic E-state index is 0.277. The molecule has 0 radical (unpaired) electrons. The third kappa shape index (κ3) is 2.58. The standard InChI is InChI=1S/C11H19NO/c1-4-11(13)12-7-5-10(6-8-12)9(2)3/h5,9H,4,6-8H2,1-3H3. The Morgan fingerprint density at radius 2 is 2.31 bits per heavy atom. The van der Waals surface area contributed by atoms with Crippen molar-refractivity contribution < 1.29 is 4.79 Å². The summed E-state index contributed by atoms with van der Waals surface area (Å²) in [5.74, 6) is 0.915. The molecule has 0 bridgehead atoms.